The molecule has 1 aromatic carbocycles. The van der Waals surface area contributed by atoms with E-state index in [0.717, 1.165) is 23.4 Å². The number of aromatic nitrogens is 2. The van der Waals surface area contributed by atoms with Gasteiger partial charge in [-0.15, -0.1) is 0 Å². The highest BCUT2D eigenvalue weighted by Gasteiger charge is 2.26. The zero-order valence-electron chi connectivity index (χ0n) is 11.8. The minimum absolute atomic E-state index is 0.264. The van der Waals surface area contributed by atoms with Gasteiger partial charge < -0.3 is 5.11 Å². The summed E-state index contributed by atoms with van der Waals surface area (Å²) in [7, 11) is 0. The molecule has 0 aliphatic heterocycles. The van der Waals surface area contributed by atoms with Crippen LogP contribution in [0.3, 0.4) is 0 Å². The van der Waals surface area contributed by atoms with E-state index in [1.165, 1.54) is 11.1 Å². The minimum atomic E-state index is -0.699. The van der Waals surface area contributed by atoms with E-state index in [1.807, 2.05) is 10.9 Å². The number of carbonyl (C=O) groups is 1. The number of benzene rings is 1. The molecule has 3 rings (SSSR count). The quantitative estimate of drug-likeness (QED) is 0.912. The molecule has 1 aliphatic carbocycles. The highest BCUT2D eigenvalue weighted by Crippen LogP contribution is 2.26. The minimum Gasteiger partial charge on any atom is -0.481 e. The van der Waals surface area contributed by atoms with Crippen LogP contribution in [-0.2, 0) is 17.6 Å². The number of hydrogen-bond acceptors (Lipinski definition) is 2. The molecule has 1 heterocycles. The lowest BCUT2D eigenvalue weighted by Gasteiger charge is -2.16. The molecule has 0 fully saturated rings. The third kappa shape index (κ3) is 2.33. The number of aryl methyl sites for hydroxylation is 3. The normalized spacial score (nSPS) is 17.8. The molecule has 0 spiro atoms. The van der Waals surface area contributed by atoms with E-state index in [4.69, 9.17) is 5.11 Å². The maximum absolute atomic E-state index is 11.1. The predicted molar refractivity (Wildman–Crippen MR) is 76.2 cm³/mol. The summed E-state index contributed by atoms with van der Waals surface area (Å²) in [5.41, 5.74) is 5.57. The van der Waals surface area contributed by atoms with Crippen molar-refractivity contribution >= 4 is 5.97 Å². The Labute approximate surface area is 118 Å². The number of aliphatic carboxylic acids is 1. The van der Waals surface area contributed by atoms with Crippen LogP contribution < -0.4 is 0 Å². The first-order valence-electron chi connectivity index (χ1n) is 6.92. The van der Waals surface area contributed by atoms with Crippen LogP contribution in [0.1, 0.15) is 28.8 Å². The molecular weight excluding hydrogens is 252 g/mol. The molecule has 0 saturated heterocycles. The fourth-order valence-corrected chi connectivity index (χ4v) is 2.93. The van der Waals surface area contributed by atoms with Gasteiger partial charge in [-0.3, -0.25) is 4.79 Å². The van der Waals surface area contributed by atoms with Crippen LogP contribution >= 0.6 is 0 Å². The standard InChI is InChI=1S/C16H18N2O2/c1-10-5-11(2)7-14(6-10)18-9-13-8-12(16(19)20)3-4-15(13)17-18/h5-7,9,12H,3-4,8H2,1-2H3,(H,19,20). The van der Waals surface area contributed by atoms with E-state index in [2.05, 4.69) is 37.1 Å². The lowest BCUT2D eigenvalue weighted by atomic mass is 9.88. The number of rotatable bonds is 2. The van der Waals surface area contributed by atoms with E-state index < -0.39 is 5.97 Å². The second-order valence-electron chi connectivity index (χ2n) is 5.67. The monoisotopic (exact) mass is 270 g/mol. The molecule has 1 N–H and O–H groups in total. The number of nitrogens with zero attached hydrogens (tertiary/aromatic N) is 2. The summed E-state index contributed by atoms with van der Waals surface area (Å²) in [5.74, 6) is -0.964. The average Bonchev–Trinajstić information content (AvgIpc) is 2.80. The van der Waals surface area contributed by atoms with Crippen molar-refractivity contribution in [2.75, 3.05) is 0 Å². The zero-order valence-corrected chi connectivity index (χ0v) is 11.8. The maximum Gasteiger partial charge on any atom is 0.306 e. The summed E-state index contributed by atoms with van der Waals surface area (Å²) in [5, 5.41) is 13.8. The number of fused-ring (bicyclic) bond motifs is 1. The van der Waals surface area contributed by atoms with Crippen molar-refractivity contribution in [1.29, 1.82) is 0 Å². The van der Waals surface area contributed by atoms with Gasteiger partial charge >= 0.3 is 5.97 Å². The fourth-order valence-electron chi connectivity index (χ4n) is 2.93. The van der Waals surface area contributed by atoms with Gasteiger partial charge in [0.2, 0.25) is 0 Å². The third-order valence-electron chi connectivity index (χ3n) is 3.89. The van der Waals surface area contributed by atoms with Gasteiger partial charge in [-0.25, -0.2) is 4.68 Å². The van der Waals surface area contributed by atoms with Gasteiger partial charge in [0.15, 0.2) is 0 Å². The van der Waals surface area contributed by atoms with Gasteiger partial charge in [0, 0.05) is 6.20 Å². The number of carboxylic acid groups (broad SMARTS) is 1. The van der Waals surface area contributed by atoms with Gasteiger partial charge in [-0.05, 0) is 61.9 Å². The summed E-state index contributed by atoms with van der Waals surface area (Å²) in [6.07, 6.45) is 4.02. The zero-order chi connectivity index (χ0) is 14.3. The molecule has 2 aromatic rings. The van der Waals surface area contributed by atoms with Crippen LogP contribution in [0.2, 0.25) is 0 Å². The van der Waals surface area contributed by atoms with Gasteiger partial charge in [0.25, 0.3) is 0 Å². The summed E-state index contributed by atoms with van der Waals surface area (Å²) in [4.78, 5) is 11.1. The molecule has 1 aromatic heterocycles. The van der Waals surface area contributed by atoms with Crippen LogP contribution in [0.25, 0.3) is 5.69 Å². The van der Waals surface area contributed by atoms with E-state index in [0.29, 0.717) is 12.8 Å². The Kier molecular flexibility index (Phi) is 3.08. The van der Waals surface area contributed by atoms with Gasteiger partial charge in [-0.1, -0.05) is 6.07 Å². The van der Waals surface area contributed by atoms with Crippen LogP contribution in [0.15, 0.2) is 24.4 Å². The van der Waals surface area contributed by atoms with Crippen molar-refractivity contribution in [3.8, 4) is 5.69 Å². The van der Waals surface area contributed by atoms with Crippen molar-refractivity contribution in [3.63, 3.8) is 0 Å². The number of hydrogen-bond donors (Lipinski definition) is 1. The fraction of sp³-hybridized carbons (Fsp3) is 0.375. The first-order valence-corrected chi connectivity index (χ1v) is 6.92. The predicted octanol–water partition coefficient (Wildman–Crippen LogP) is 2.68. The van der Waals surface area contributed by atoms with Crippen molar-refractivity contribution < 1.29 is 9.90 Å². The smallest absolute Gasteiger partial charge is 0.306 e. The summed E-state index contributed by atoms with van der Waals surface area (Å²) in [6.45, 7) is 4.14. The molecule has 4 nitrogen and oxygen atoms in total. The SMILES string of the molecule is Cc1cc(C)cc(-n2cc3c(n2)CCC(C(=O)O)C3)c1. The molecular formula is C16H18N2O2. The molecule has 104 valence electrons. The van der Waals surface area contributed by atoms with Crippen molar-refractivity contribution in [2.45, 2.75) is 33.1 Å². The summed E-state index contributed by atoms with van der Waals surface area (Å²) < 4.78 is 1.88. The van der Waals surface area contributed by atoms with Crippen LogP contribution in [-0.4, -0.2) is 20.9 Å². The van der Waals surface area contributed by atoms with Crippen molar-refractivity contribution in [3.05, 3.63) is 46.8 Å². The highest BCUT2D eigenvalue weighted by molar-refractivity contribution is 5.70. The molecule has 1 unspecified atom stereocenters. The van der Waals surface area contributed by atoms with Crippen molar-refractivity contribution in [1.82, 2.24) is 9.78 Å². The first-order chi connectivity index (χ1) is 9.52. The van der Waals surface area contributed by atoms with Crippen molar-refractivity contribution in [2.24, 2.45) is 5.92 Å². The Morgan fingerprint density at radius 1 is 1.30 bits per heavy atom. The van der Waals surface area contributed by atoms with Crippen LogP contribution in [0.5, 0.6) is 0 Å². The Morgan fingerprint density at radius 2 is 2.00 bits per heavy atom. The molecule has 0 saturated carbocycles. The molecule has 0 radical (unpaired) electrons. The van der Waals surface area contributed by atoms with E-state index in [9.17, 15) is 4.79 Å². The lowest BCUT2D eigenvalue weighted by Crippen LogP contribution is -2.21. The first kappa shape index (κ1) is 12.9. The molecule has 0 bridgehead atoms. The Balaban J connectivity index is 1.96. The molecule has 1 aliphatic rings. The topological polar surface area (TPSA) is 55.1 Å². The highest BCUT2D eigenvalue weighted by atomic mass is 16.4. The summed E-state index contributed by atoms with van der Waals surface area (Å²) >= 11 is 0. The molecule has 4 heteroatoms. The number of carboxylic acids is 1. The van der Waals surface area contributed by atoms with Gasteiger partial charge in [0.1, 0.15) is 0 Å². The lowest BCUT2D eigenvalue weighted by molar-refractivity contribution is -0.142. The van der Waals surface area contributed by atoms with Crippen LogP contribution in [0, 0.1) is 19.8 Å². The van der Waals surface area contributed by atoms with E-state index in [1.54, 1.807) is 0 Å². The Morgan fingerprint density at radius 3 is 2.65 bits per heavy atom. The molecule has 1 atom stereocenters. The van der Waals surface area contributed by atoms with E-state index in [-0.39, 0.29) is 5.92 Å². The second-order valence-corrected chi connectivity index (χ2v) is 5.67. The van der Waals surface area contributed by atoms with Gasteiger partial charge in [0.05, 0.1) is 17.3 Å². The molecule has 20 heavy (non-hydrogen) atoms. The second kappa shape index (κ2) is 4.78. The Hall–Kier alpha value is -2.10. The largest absolute Gasteiger partial charge is 0.481 e. The summed E-state index contributed by atoms with van der Waals surface area (Å²) in [6, 6.07) is 6.33. The maximum atomic E-state index is 11.1. The average molecular weight is 270 g/mol. The Bertz CT molecular complexity index is 653. The molecule has 0 amide bonds. The van der Waals surface area contributed by atoms with Gasteiger partial charge in [-0.2, -0.15) is 5.10 Å². The van der Waals surface area contributed by atoms with E-state index >= 15 is 0 Å². The van der Waals surface area contributed by atoms with Crippen LogP contribution in [0.4, 0.5) is 0 Å². The third-order valence-corrected chi connectivity index (χ3v) is 3.89.